The van der Waals surface area contributed by atoms with E-state index in [1.165, 1.54) is 24.0 Å². The van der Waals surface area contributed by atoms with Crippen molar-refractivity contribution in [2.45, 2.75) is 46.2 Å². The molecule has 1 heterocycles. The van der Waals surface area contributed by atoms with Gasteiger partial charge in [-0.25, -0.2) is 4.98 Å². The fourth-order valence-corrected chi connectivity index (χ4v) is 2.32. The number of ether oxygens (including phenoxy) is 1. The van der Waals surface area contributed by atoms with Gasteiger partial charge in [0, 0.05) is 39.5 Å². The van der Waals surface area contributed by atoms with Gasteiger partial charge in [-0.05, 0) is 37.5 Å². The summed E-state index contributed by atoms with van der Waals surface area (Å²) in [6, 6.07) is 2.74. The molecule has 0 bridgehead atoms. The Bertz CT molecular complexity index is 395. The minimum absolute atomic E-state index is 0.525. The monoisotopic (exact) mass is 279 g/mol. The van der Waals surface area contributed by atoms with Crippen molar-refractivity contribution in [2.75, 3.05) is 32.2 Å². The summed E-state index contributed by atoms with van der Waals surface area (Å²) in [5.74, 6) is 1.09. The second-order valence-corrected chi connectivity index (χ2v) is 5.40. The molecule has 0 aliphatic carbocycles. The van der Waals surface area contributed by atoms with Gasteiger partial charge in [0.05, 0.1) is 6.61 Å². The maximum Gasteiger partial charge on any atom is 0.131 e. The van der Waals surface area contributed by atoms with E-state index in [1.807, 2.05) is 6.20 Å². The lowest BCUT2D eigenvalue weighted by molar-refractivity contribution is 0.199. The first-order chi connectivity index (χ1) is 9.60. The second kappa shape index (κ2) is 8.93. The minimum Gasteiger partial charge on any atom is -0.383 e. The number of aryl methyl sites for hydroxylation is 1. The van der Waals surface area contributed by atoms with E-state index in [-0.39, 0.29) is 0 Å². The molecule has 4 heteroatoms. The molecule has 1 atom stereocenters. The smallest absolute Gasteiger partial charge is 0.131 e. The summed E-state index contributed by atoms with van der Waals surface area (Å²) < 4.78 is 5.02. The first kappa shape index (κ1) is 16.9. The Kier molecular flexibility index (Phi) is 7.55. The summed E-state index contributed by atoms with van der Waals surface area (Å²) in [5.41, 5.74) is 2.46. The van der Waals surface area contributed by atoms with Gasteiger partial charge in [-0.15, -0.1) is 0 Å². The van der Waals surface area contributed by atoms with E-state index in [9.17, 15) is 0 Å². The fraction of sp³-hybridized carbons (Fsp3) is 0.688. The third kappa shape index (κ3) is 5.10. The van der Waals surface area contributed by atoms with E-state index in [4.69, 9.17) is 4.74 Å². The van der Waals surface area contributed by atoms with Crippen LogP contribution in [0.1, 0.15) is 37.8 Å². The summed E-state index contributed by atoms with van der Waals surface area (Å²) in [7, 11) is 3.85. The number of anilines is 1. The molecule has 114 valence electrons. The Morgan fingerprint density at radius 3 is 2.80 bits per heavy atom. The second-order valence-electron chi connectivity index (χ2n) is 5.40. The maximum atomic E-state index is 5.02. The summed E-state index contributed by atoms with van der Waals surface area (Å²) in [4.78, 5) is 6.91. The fourth-order valence-electron chi connectivity index (χ4n) is 2.32. The Morgan fingerprint density at radius 2 is 2.20 bits per heavy atom. The highest BCUT2D eigenvalue weighted by Crippen LogP contribution is 2.20. The van der Waals surface area contributed by atoms with Gasteiger partial charge in [0.1, 0.15) is 5.82 Å². The molecule has 1 unspecified atom stereocenters. The Morgan fingerprint density at radius 1 is 1.45 bits per heavy atom. The number of aromatic nitrogens is 1. The summed E-state index contributed by atoms with van der Waals surface area (Å²) >= 11 is 0. The summed E-state index contributed by atoms with van der Waals surface area (Å²) in [6.45, 7) is 9.05. The molecule has 1 rings (SSSR count). The Balaban J connectivity index is 2.63. The van der Waals surface area contributed by atoms with Crippen molar-refractivity contribution in [3.8, 4) is 0 Å². The lowest BCUT2D eigenvalue weighted by Gasteiger charge is -2.27. The van der Waals surface area contributed by atoms with Crippen LogP contribution in [0.25, 0.3) is 0 Å². The van der Waals surface area contributed by atoms with Gasteiger partial charge in [0.2, 0.25) is 0 Å². The van der Waals surface area contributed by atoms with Gasteiger partial charge in [-0.1, -0.05) is 13.3 Å². The maximum absolute atomic E-state index is 5.02. The zero-order valence-corrected chi connectivity index (χ0v) is 13.6. The van der Waals surface area contributed by atoms with Crippen LogP contribution < -0.4 is 10.2 Å². The van der Waals surface area contributed by atoms with Crippen LogP contribution in [0.2, 0.25) is 0 Å². The average molecular weight is 279 g/mol. The molecule has 0 aliphatic rings. The van der Waals surface area contributed by atoms with Crippen LogP contribution in [0.5, 0.6) is 0 Å². The number of nitrogens with one attached hydrogen (secondary N) is 1. The molecule has 0 fully saturated rings. The van der Waals surface area contributed by atoms with Gasteiger partial charge in [0.25, 0.3) is 0 Å². The topological polar surface area (TPSA) is 37.4 Å². The lowest BCUT2D eigenvalue weighted by Crippen LogP contribution is -2.30. The molecular formula is C16H29N3O. The third-order valence-corrected chi connectivity index (χ3v) is 3.62. The Hall–Kier alpha value is -1.13. The largest absolute Gasteiger partial charge is 0.383 e. The molecule has 0 aliphatic heterocycles. The molecule has 0 saturated heterocycles. The van der Waals surface area contributed by atoms with Gasteiger partial charge in [-0.2, -0.15) is 0 Å². The Labute approximate surface area is 123 Å². The molecule has 1 N–H and O–H groups in total. The molecule has 0 saturated carbocycles. The molecule has 0 amide bonds. The van der Waals surface area contributed by atoms with Crippen molar-refractivity contribution < 1.29 is 4.74 Å². The predicted molar refractivity (Wildman–Crippen MR) is 85.3 cm³/mol. The minimum atomic E-state index is 0.525. The molecule has 0 radical (unpaired) electrons. The van der Waals surface area contributed by atoms with Crippen LogP contribution in [-0.4, -0.2) is 38.3 Å². The number of hydrogen-bond acceptors (Lipinski definition) is 4. The van der Waals surface area contributed by atoms with Crippen LogP contribution in [0.4, 0.5) is 5.82 Å². The van der Waals surface area contributed by atoms with E-state index in [1.54, 1.807) is 7.11 Å². The summed E-state index contributed by atoms with van der Waals surface area (Å²) in [5, 5.41) is 3.34. The van der Waals surface area contributed by atoms with Crippen molar-refractivity contribution in [1.29, 1.82) is 0 Å². The zero-order chi connectivity index (χ0) is 15.0. The van der Waals surface area contributed by atoms with Crippen molar-refractivity contribution in [2.24, 2.45) is 0 Å². The molecule has 4 nitrogen and oxygen atoms in total. The van der Waals surface area contributed by atoms with Gasteiger partial charge < -0.3 is 15.0 Å². The molecule has 0 aromatic carbocycles. The number of rotatable bonds is 9. The third-order valence-electron chi connectivity index (χ3n) is 3.62. The molecule has 0 spiro atoms. The SMILES string of the molecule is CCCC(C)N(C)c1ncc(CNCCOC)cc1C. The number of hydrogen-bond donors (Lipinski definition) is 1. The van der Waals surface area contributed by atoms with Crippen LogP contribution in [0, 0.1) is 6.92 Å². The number of pyridine rings is 1. The lowest BCUT2D eigenvalue weighted by atomic mass is 10.1. The van der Waals surface area contributed by atoms with Crippen LogP contribution >= 0.6 is 0 Å². The first-order valence-electron chi connectivity index (χ1n) is 7.48. The molecule has 1 aromatic rings. The molecular weight excluding hydrogens is 250 g/mol. The van der Waals surface area contributed by atoms with E-state index in [0.717, 1.165) is 25.5 Å². The zero-order valence-electron chi connectivity index (χ0n) is 13.6. The van der Waals surface area contributed by atoms with Crippen molar-refractivity contribution in [3.05, 3.63) is 23.4 Å². The van der Waals surface area contributed by atoms with Crippen LogP contribution in [0.15, 0.2) is 12.3 Å². The first-order valence-corrected chi connectivity index (χ1v) is 7.48. The highest BCUT2D eigenvalue weighted by molar-refractivity contribution is 5.47. The average Bonchev–Trinajstić information content (AvgIpc) is 2.43. The highest BCUT2D eigenvalue weighted by atomic mass is 16.5. The molecule has 20 heavy (non-hydrogen) atoms. The predicted octanol–water partition coefficient (Wildman–Crippen LogP) is 2.75. The van der Waals surface area contributed by atoms with E-state index in [0.29, 0.717) is 6.04 Å². The normalized spacial score (nSPS) is 12.4. The summed E-state index contributed by atoms with van der Waals surface area (Å²) in [6.07, 6.45) is 4.36. The van der Waals surface area contributed by atoms with Crippen molar-refractivity contribution >= 4 is 5.82 Å². The number of nitrogens with zero attached hydrogens (tertiary/aromatic N) is 2. The van der Waals surface area contributed by atoms with Crippen LogP contribution in [-0.2, 0) is 11.3 Å². The number of methoxy groups -OCH3 is 1. The standard InChI is InChI=1S/C16H29N3O/c1-6-7-14(3)19(4)16-13(2)10-15(12-18-16)11-17-8-9-20-5/h10,12,14,17H,6-9,11H2,1-5H3. The van der Waals surface area contributed by atoms with E-state index >= 15 is 0 Å². The van der Waals surface area contributed by atoms with Crippen LogP contribution in [0.3, 0.4) is 0 Å². The molecule has 1 aromatic heterocycles. The van der Waals surface area contributed by atoms with Crippen molar-refractivity contribution in [1.82, 2.24) is 10.3 Å². The highest BCUT2D eigenvalue weighted by Gasteiger charge is 2.12. The van der Waals surface area contributed by atoms with E-state index in [2.05, 4.69) is 49.1 Å². The van der Waals surface area contributed by atoms with Gasteiger partial charge in [-0.3, -0.25) is 0 Å². The van der Waals surface area contributed by atoms with Gasteiger partial charge >= 0.3 is 0 Å². The quantitative estimate of drug-likeness (QED) is 0.705. The van der Waals surface area contributed by atoms with Crippen molar-refractivity contribution in [3.63, 3.8) is 0 Å². The van der Waals surface area contributed by atoms with Gasteiger partial charge in [0.15, 0.2) is 0 Å². The van der Waals surface area contributed by atoms with E-state index < -0.39 is 0 Å².